The Labute approximate surface area is 123 Å². The van der Waals surface area contributed by atoms with Gasteiger partial charge in [0.15, 0.2) is 0 Å². The lowest BCUT2D eigenvalue weighted by molar-refractivity contribution is -0.0566. The summed E-state index contributed by atoms with van der Waals surface area (Å²) >= 11 is 0. The number of fused-ring (bicyclic) bond motifs is 1. The van der Waals surface area contributed by atoms with Crippen molar-refractivity contribution in [1.82, 2.24) is 20.2 Å². The van der Waals surface area contributed by atoms with Crippen LogP contribution in [0.25, 0.3) is 0 Å². The maximum Gasteiger partial charge on any atom is 0.269 e. The Kier molecular flexibility index (Phi) is 4.23. The fraction of sp³-hybridized carbons (Fsp3) is 0.714. The number of carbonyl (C=O) groups is 1. The van der Waals surface area contributed by atoms with Crippen LogP contribution in [0.3, 0.4) is 0 Å². The van der Waals surface area contributed by atoms with Gasteiger partial charge in [0.1, 0.15) is 11.5 Å². The van der Waals surface area contributed by atoms with Crippen LogP contribution in [0.2, 0.25) is 0 Å². The number of H-pyrrole nitrogens is 1. The van der Waals surface area contributed by atoms with Crippen LogP contribution < -0.4 is 5.32 Å². The zero-order valence-corrected chi connectivity index (χ0v) is 12.2. The standard InChI is InChI=1S/C14H22N4O3/c1-9-15-5-13(16-9)14(20)17-10-4-11-8-21-12(2-3-19)7-18(11)6-10/h5,10-12,19H,2-4,6-8H2,1H3,(H,15,16)(H,17,20)/t10-,11+,12+/m1/s1. The van der Waals surface area contributed by atoms with Crippen LogP contribution in [-0.2, 0) is 4.74 Å². The third-order valence-corrected chi connectivity index (χ3v) is 4.22. The number of imidazole rings is 1. The van der Waals surface area contributed by atoms with Crippen LogP contribution in [0.15, 0.2) is 6.20 Å². The number of nitrogens with one attached hydrogen (secondary N) is 2. The van der Waals surface area contributed by atoms with Crippen molar-refractivity contribution in [2.45, 2.75) is 38.0 Å². The molecule has 3 rings (SSSR count). The SMILES string of the molecule is Cc1ncc(C(=O)N[C@@H]2C[C@H]3CO[C@@H](CCO)CN3C2)[nH]1. The molecule has 0 radical (unpaired) electrons. The van der Waals surface area contributed by atoms with Crippen molar-refractivity contribution in [3.8, 4) is 0 Å². The zero-order chi connectivity index (χ0) is 14.8. The van der Waals surface area contributed by atoms with Crippen LogP contribution >= 0.6 is 0 Å². The quantitative estimate of drug-likeness (QED) is 0.707. The molecule has 3 atom stereocenters. The van der Waals surface area contributed by atoms with Gasteiger partial charge in [-0.3, -0.25) is 9.69 Å². The van der Waals surface area contributed by atoms with Gasteiger partial charge in [-0.05, 0) is 19.8 Å². The van der Waals surface area contributed by atoms with Crippen LogP contribution in [-0.4, -0.2) is 70.4 Å². The molecule has 3 N–H and O–H groups in total. The van der Waals surface area contributed by atoms with Gasteiger partial charge >= 0.3 is 0 Å². The molecule has 0 aliphatic carbocycles. The summed E-state index contributed by atoms with van der Waals surface area (Å²) in [5.74, 6) is 0.637. The summed E-state index contributed by atoms with van der Waals surface area (Å²) in [5.41, 5.74) is 0.506. The normalized spacial score (nSPS) is 29.3. The monoisotopic (exact) mass is 294 g/mol. The van der Waals surface area contributed by atoms with Gasteiger partial charge in [0.2, 0.25) is 0 Å². The molecule has 1 aromatic heterocycles. The van der Waals surface area contributed by atoms with Crippen LogP contribution in [0.4, 0.5) is 0 Å². The van der Waals surface area contributed by atoms with Gasteiger partial charge in [0, 0.05) is 31.8 Å². The van der Waals surface area contributed by atoms with Gasteiger partial charge in [-0.15, -0.1) is 0 Å². The van der Waals surface area contributed by atoms with Gasteiger partial charge in [0.25, 0.3) is 5.91 Å². The number of morpholine rings is 1. The summed E-state index contributed by atoms with van der Waals surface area (Å²) in [5, 5.41) is 12.0. The molecule has 2 saturated heterocycles. The van der Waals surface area contributed by atoms with E-state index in [1.165, 1.54) is 0 Å². The minimum atomic E-state index is -0.103. The van der Waals surface area contributed by atoms with Crippen molar-refractivity contribution in [2.75, 3.05) is 26.3 Å². The number of carbonyl (C=O) groups excluding carboxylic acids is 1. The molecule has 3 heterocycles. The second-order valence-corrected chi connectivity index (χ2v) is 5.86. The molecule has 21 heavy (non-hydrogen) atoms. The summed E-state index contributed by atoms with van der Waals surface area (Å²) in [6.45, 7) is 4.34. The second kappa shape index (κ2) is 6.13. The number of aliphatic hydroxyl groups excluding tert-OH is 1. The number of hydrogen-bond donors (Lipinski definition) is 3. The Balaban J connectivity index is 1.54. The third kappa shape index (κ3) is 3.25. The first-order valence-electron chi connectivity index (χ1n) is 7.44. The first kappa shape index (κ1) is 14.5. The van der Waals surface area contributed by atoms with Crippen molar-refractivity contribution < 1.29 is 14.6 Å². The minimum Gasteiger partial charge on any atom is -0.396 e. The maximum atomic E-state index is 12.1. The molecule has 116 valence electrons. The van der Waals surface area contributed by atoms with E-state index in [0.717, 1.165) is 25.3 Å². The molecule has 7 heteroatoms. The number of rotatable bonds is 4. The van der Waals surface area contributed by atoms with E-state index in [9.17, 15) is 4.79 Å². The molecule has 0 unspecified atom stereocenters. The summed E-state index contributed by atoms with van der Waals surface area (Å²) in [7, 11) is 0. The van der Waals surface area contributed by atoms with E-state index in [4.69, 9.17) is 9.84 Å². The average molecular weight is 294 g/mol. The topological polar surface area (TPSA) is 90.5 Å². The molecule has 7 nitrogen and oxygen atoms in total. The first-order valence-corrected chi connectivity index (χ1v) is 7.44. The maximum absolute atomic E-state index is 12.1. The molecule has 0 saturated carbocycles. The van der Waals surface area contributed by atoms with E-state index < -0.39 is 0 Å². The molecule has 0 spiro atoms. The van der Waals surface area contributed by atoms with Crippen molar-refractivity contribution >= 4 is 5.91 Å². The lowest BCUT2D eigenvalue weighted by atomic mass is 10.1. The average Bonchev–Trinajstić information content (AvgIpc) is 3.04. The van der Waals surface area contributed by atoms with Crippen LogP contribution in [0, 0.1) is 6.92 Å². The Hall–Kier alpha value is -1.44. The second-order valence-electron chi connectivity index (χ2n) is 5.86. The van der Waals surface area contributed by atoms with E-state index in [-0.39, 0.29) is 24.7 Å². The van der Waals surface area contributed by atoms with Crippen molar-refractivity contribution in [1.29, 1.82) is 0 Å². The number of aromatic nitrogens is 2. The molecule has 2 aliphatic heterocycles. The fourth-order valence-electron chi connectivity index (χ4n) is 3.17. The summed E-state index contributed by atoms with van der Waals surface area (Å²) in [4.78, 5) is 21.5. The summed E-state index contributed by atoms with van der Waals surface area (Å²) in [6.07, 6.45) is 3.25. The smallest absolute Gasteiger partial charge is 0.269 e. The lowest BCUT2D eigenvalue weighted by Gasteiger charge is -2.34. The zero-order valence-electron chi connectivity index (χ0n) is 12.2. The van der Waals surface area contributed by atoms with Crippen molar-refractivity contribution in [2.24, 2.45) is 0 Å². The van der Waals surface area contributed by atoms with E-state index in [0.29, 0.717) is 24.8 Å². The summed E-state index contributed by atoms with van der Waals surface area (Å²) < 4.78 is 5.74. The van der Waals surface area contributed by atoms with Gasteiger partial charge < -0.3 is 20.1 Å². The Morgan fingerprint density at radius 1 is 1.62 bits per heavy atom. The third-order valence-electron chi connectivity index (χ3n) is 4.22. The number of aryl methyl sites for hydroxylation is 1. The molecule has 2 aliphatic rings. The Bertz CT molecular complexity index is 504. The Morgan fingerprint density at radius 2 is 2.48 bits per heavy atom. The number of hydrogen-bond acceptors (Lipinski definition) is 5. The van der Waals surface area contributed by atoms with Gasteiger partial charge in [0.05, 0.1) is 18.9 Å². The Morgan fingerprint density at radius 3 is 3.19 bits per heavy atom. The van der Waals surface area contributed by atoms with E-state index in [2.05, 4.69) is 20.2 Å². The molecule has 2 fully saturated rings. The van der Waals surface area contributed by atoms with Gasteiger partial charge in [-0.2, -0.15) is 0 Å². The highest BCUT2D eigenvalue weighted by Gasteiger charge is 2.37. The van der Waals surface area contributed by atoms with Gasteiger partial charge in [-0.25, -0.2) is 4.98 Å². The number of amides is 1. The number of ether oxygens (including phenoxy) is 1. The number of aromatic amines is 1. The summed E-state index contributed by atoms with van der Waals surface area (Å²) in [6, 6.07) is 0.510. The number of nitrogens with zero attached hydrogens (tertiary/aromatic N) is 2. The van der Waals surface area contributed by atoms with E-state index >= 15 is 0 Å². The highest BCUT2D eigenvalue weighted by molar-refractivity contribution is 5.92. The van der Waals surface area contributed by atoms with E-state index in [1.54, 1.807) is 6.20 Å². The molecule has 1 amide bonds. The fourth-order valence-corrected chi connectivity index (χ4v) is 3.17. The lowest BCUT2D eigenvalue weighted by Crippen LogP contribution is -2.46. The number of aliphatic hydroxyl groups is 1. The van der Waals surface area contributed by atoms with E-state index in [1.807, 2.05) is 6.92 Å². The molecular weight excluding hydrogens is 272 g/mol. The molecule has 1 aromatic rings. The first-order chi connectivity index (χ1) is 10.2. The predicted molar refractivity (Wildman–Crippen MR) is 76.0 cm³/mol. The van der Waals surface area contributed by atoms with Crippen LogP contribution in [0.5, 0.6) is 0 Å². The molecular formula is C14H22N4O3. The largest absolute Gasteiger partial charge is 0.396 e. The molecule has 0 bridgehead atoms. The minimum absolute atomic E-state index is 0.103. The highest BCUT2D eigenvalue weighted by Crippen LogP contribution is 2.24. The predicted octanol–water partition coefficient (Wildman–Crippen LogP) is -0.328. The van der Waals surface area contributed by atoms with Crippen molar-refractivity contribution in [3.05, 3.63) is 17.7 Å². The van der Waals surface area contributed by atoms with Crippen molar-refractivity contribution in [3.63, 3.8) is 0 Å². The highest BCUT2D eigenvalue weighted by atomic mass is 16.5. The van der Waals surface area contributed by atoms with Crippen LogP contribution in [0.1, 0.15) is 29.2 Å². The molecule has 0 aromatic carbocycles. The van der Waals surface area contributed by atoms with Gasteiger partial charge in [-0.1, -0.05) is 0 Å².